The fraction of sp³-hybridized carbons (Fsp3) is 0.154. The second-order valence-corrected chi connectivity index (χ2v) is 4.58. The fourth-order valence-corrected chi connectivity index (χ4v) is 1.84. The molecule has 0 saturated carbocycles. The molecule has 20 heavy (non-hydrogen) atoms. The van der Waals surface area contributed by atoms with Gasteiger partial charge in [0.15, 0.2) is 0 Å². The molecule has 0 bridgehead atoms. The number of nitrogens with one attached hydrogen (secondary N) is 2. The summed E-state index contributed by atoms with van der Waals surface area (Å²) >= 11 is 4.91. The van der Waals surface area contributed by atoms with Crippen molar-refractivity contribution in [2.45, 2.75) is 6.92 Å². The minimum Gasteiger partial charge on any atom is -0.495 e. The molecule has 7 heteroatoms. The van der Waals surface area contributed by atoms with Crippen molar-refractivity contribution in [2.75, 3.05) is 12.4 Å². The van der Waals surface area contributed by atoms with Crippen molar-refractivity contribution in [3.05, 3.63) is 41.2 Å². The quantitative estimate of drug-likeness (QED) is 0.744. The van der Waals surface area contributed by atoms with E-state index >= 15 is 0 Å². The van der Waals surface area contributed by atoms with Crippen LogP contribution in [0.1, 0.15) is 21.6 Å². The van der Waals surface area contributed by atoms with Gasteiger partial charge in [0.05, 0.1) is 24.6 Å². The number of methoxy groups -OCH3 is 1. The molecule has 1 heterocycles. The van der Waals surface area contributed by atoms with E-state index in [1.165, 1.54) is 13.3 Å². The maximum Gasteiger partial charge on any atom is 0.259 e. The van der Waals surface area contributed by atoms with Crippen molar-refractivity contribution in [3.8, 4) is 5.75 Å². The molecule has 1 aromatic carbocycles. The molecule has 0 aliphatic heterocycles. The van der Waals surface area contributed by atoms with Crippen molar-refractivity contribution in [3.63, 3.8) is 0 Å². The third-order valence-corrected chi connectivity index (χ3v) is 3.04. The van der Waals surface area contributed by atoms with Gasteiger partial charge in [0, 0.05) is 11.3 Å². The zero-order valence-electron chi connectivity index (χ0n) is 11.1. The van der Waals surface area contributed by atoms with E-state index in [-0.39, 0.29) is 10.9 Å². The van der Waals surface area contributed by atoms with Crippen LogP contribution in [-0.2, 0) is 0 Å². The predicted octanol–water partition coefficient (Wildman–Crippen LogP) is 1.61. The van der Waals surface area contributed by atoms with E-state index in [1.807, 2.05) is 0 Å². The minimum atomic E-state index is -0.266. The lowest BCUT2D eigenvalue weighted by atomic mass is 10.1. The summed E-state index contributed by atoms with van der Waals surface area (Å²) in [5.41, 5.74) is 7.95. The van der Waals surface area contributed by atoms with Gasteiger partial charge >= 0.3 is 0 Å². The third kappa shape index (κ3) is 2.77. The molecular weight excluding hydrogens is 276 g/mol. The molecule has 0 aliphatic carbocycles. The van der Waals surface area contributed by atoms with Gasteiger partial charge in [-0.1, -0.05) is 12.2 Å². The highest BCUT2D eigenvalue weighted by Gasteiger charge is 2.14. The number of rotatable bonds is 4. The lowest BCUT2D eigenvalue weighted by molar-refractivity contribution is 0.102. The Labute approximate surface area is 121 Å². The molecule has 0 fully saturated rings. The smallest absolute Gasteiger partial charge is 0.259 e. The van der Waals surface area contributed by atoms with E-state index in [2.05, 4.69) is 15.5 Å². The molecule has 4 N–H and O–H groups in total. The number of hydrogen-bond donors (Lipinski definition) is 3. The second kappa shape index (κ2) is 5.70. The number of amides is 1. The Kier molecular flexibility index (Phi) is 3.99. The molecule has 2 aromatic rings. The van der Waals surface area contributed by atoms with Gasteiger partial charge in [-0.05, 0) is 25.1 Å². The maximum absolute atomic E-state index is 12.1. The Hall–Kier alpha value is -2.41. The van der Waals surface area contributed by atoms with Crippen molar-refractivity contribution in [2.24, 2.45) is 5.73 Å². The van der Waals surface area contributed by atoms with Gasteiger partial charge in [0.2, 0.25) is 0 Å². The molecular formula is C13H14N4O2S. The molecule has 104 valence electrons. The normalized spacial score (nSPS) is 10.1. The van der Waals surface area contributed by atoms with E-state index in [4.69, 9.17) is 22.7 Å². The topological polar surface area (TPSA) is 93.0 Å². The summed E-state index contributed by atoms with van der Waals surface area (Å²) in [6.45, 7) is 1.77. The summed E-state index contributed by atoms with van der Waals surface area (Å²) in [6, 6.07) is 5.10. The molecule has 6 nitrogen and oxygen atoms in total. The number of carbonyl (C=O) groups is 1. The second-order valence-electron chi connectivity index (χ2n) is 4.14. The molecule has 0 spiro atoms. The van der Waals surface area contributed by atoms with Crippen molar-refractivity contribution in [1.82, 2.24) is 10.2 Å². The van der Waals surface area contributed by atoms with E-state index in [1.54, 1.807) is 25.1 Å². The SMILES string of the molecule is COc1cc(C(N)=S)ccc1NC(=O)c1cn[nH]c1C. The Morgan fingerprint density at radius 3 is 2.80 bits per heavy atom. The highest BCUT2D eigenvalue weighted by atomic mass is 32.1. The van der Waals surface area contributed by atoms with Crippen LogP contribution in [0.3, 0.4) is 0 Å². The first-order valence-corrected chi connectivity index (χ1v) is 6.23. The summed E-state index contributed by atoms with van der Waals surface area (Å²) < 4.78 is 5.23. The van der Waals surface area contributed by atoms with Gasteiger partial charge < -0.3 is 15.8 Å². The van der Waals surface area contributed by atoms with Gasteiger partial charge in [-0.3, -0.25) is 9.89 Å². The predicted molar refractivity (Wildman–Crippen MR) is 80.2 cm³/mol. The van der Waals surface area contributed by atoms with Gasteiger partial charge in [0.25, 0.3) is 5.91 Å². The van der Waals surface area contributed by atoms with Crippen molar-refractivity contribution >= 4 is 28.8 Å². The number of hydrogen-bond acceptors (Lipinski definition) is 4. The van der Waals surface area contributed by atoms with Gasteiger partial charge in [-0.25, -0.2) is 0 Å². The molecule has 1 amide bonds. The summed E-state index contributed by atoms with van der Waals surface area (Å²) in [6.07, 6.45) is 1.47. The number of nitrogens with zero attached hydrogens (tertiary/aromatic N) is 1. The Balaban J connectivity index is 2.27. The number of aromatic nitrogens is 2. The van der Waals surface area contributed by atoms with E-state index < -0.39 is 0 Å². The third-order valence-electron chi connectivity index (χ3n) is 2.81. The van der Waals surface area contributed by atoms with Crippen molar-refractivity contribution in [1.29, 1.82) is 0 Å². The van der Waals surface area contributed by atoms with Crippen LogP contribution in [-0.4, -0.2) is 28.2 Å². The first-order chi connectivity index (χ1) is 9.52. The van der Waals surface area contributed by atoms with E-state index in [9.17, 15) is 4.79 Å². The average Bonchev–Trinajstić information content (AvgIpc) is 2.85. The summed E-state index contributed by atoms with van der Waals surface area (Å²) in [5, 5.41) is 9.29. The zero-order chi connectivity index (χ0) is 14.7. The minimum absolute atomic E-state index is 0.266. The summed E-state index contributed by atoms with van der Waals surface area (Å²) in [7, 11) is 1.51. The Bertz CT molecular complexity index is 666. The number of aryl methyl sites for hydroxylation is 1. The van der Waals surface area contributed by atoms with Crippen LogP contribution in [0.5, 0.6) is 5.75 Å². The van der Waals surface area contributed by atoms with E-state index in [0.717, 1.165) is 0 Å². The molecule has 1 aromatic heterocycles. The van der Waals surface area contributed by atoms with Crippen LogP contribution in [0, 0.1) is 6.92 Å². The first kappa shape index (κ1) is 14.0. The average molecular weight is 290 g/mol. The molecule has 2 rings (SSSR count). The van der Waals surface area contributed by atoms with Gasteiger partial charge in [-0.2, -0.15) is 5.10 Å². The van der Waals surface area contributed by atoms with Crippen LogP contribution in [0.4, 0.5) is 5.69 Å². The number of anilines is 1. The van der Waals surface area contributed by atoms with Gasteiger partial charge in [0.1, 0.15) is 10.7 Å². The number of nitrogens with two attached hydrogens (primary N) is 1. The standard InChI is InChI=1S/C13H14N4O2S/c1-7-9(6-15-17-7)13(18)16-10-4-3-8(12(14)20)5-11(10)19-2/h3-6H,1-2H3,(H2,14,20)(H,15,17)(H,16,18). The van der Waals surface area contributed by atoms with Crippen LogP contribution in [0.15, 0.2) is 24.4 Å². The number of aromatic amines is 1. The van der Waals surface area contributed by atoms with E-state index in [0.29, 0.717) is 28.3 Å². The summed E-state index contributed by atoms with van der Waals surface area (Å²) in [5.74, 6) is 0.224. The van der Waals surface area contributed by atoms with Crippen molar-refractivity contribution < 1.29 is 9.53 Å². The lowest BCUT2D eigenvalue weighted by Crippen LogP contribution is -2.14. The Morgan fingerprint density at radius 2 is 2.25 bits per heavy atom. The zero-order valence-corrected chi connectivity index (χ0v) is 11.9. The lowest BCUT2D eigenvalue weighted by Gasteiger charge is -2.11. The summed E-state index contributed by atoms with van der Waals surface area (Å²) in [4.78, 5) is 12.4. The highest BCUT2D eigenvalue weighted by molar-refractivity contribution is 7.80. The van der Waals surface area contributed by atoms with Crippen LogP contribution >= 0.6 is 12.2 Å². The molecule has 0 atom stereocenters. The number of carbonyl (C=O) groups excluding carboxylic acids is 1. The monoisotopic (exact) mass is 290 g/mol. The largest absolute Gasteiger partial charge is 0.495 e. The number of H-pyrrole nitrogens is 1. The van der Waals surface area contributed by atoms with Crippen LogP contribution < -0.4 is 15.8 Å². The first-order valence-electron chi connectivity index (χ1n) is 5.82. The van der Waals surface area contributed by atoms with Crippen LogP contribution in [0.2, 0.25) is 0 Å². The Morgan fingerprint density at radius 1 is 1.50 bits per heavy atom. The maximum atomic E-state index is 12.1. The highest BCUT2D eigenvalue weighted by Crippen LogP contribution is 2.26. The molecule has 0 aliphatic rings. The fourth-order valence-electron chi connectivity index (χ4n) is 1.72. The molecule has 0 saturated heterocycles. The number of benzene rings is 1. The number of ether oxygens (including phenoxy) is 1. The van der Waals surface area contributed by atoms with Crippen LogP contribution in [0.25, 0.3) is 0 Å². The number of thiocarbonyl (C=S) groups is 1. The molecule has 0 radical (unpaired) electrons. The van der Waals surface area contributed by atoms with Gasteiger partial charge in [-0.15, -0.1) is 0 Å². The molecule has 0 unspecified atom stereocenters.